The molecule has 0 saturated heterocycles. The fraction of sp³-hybridized carbons (Fsp3) is 0.400. The Morgan fingerprint density at radius 3 is 2.62 bits per heavy atom. The molecule has 1 amide bonds. The SMILES string of the molecule is CCOc1ccc(-n2c(SC(C)C(=O)NC3CCCC3)nnc2-c2cccc(C)c2)cc1. The topological polar surface area (TPSA) is 69.0 Å². The molecule has 1 aromatic heterocycles. The monoisotopic (exact) mass is 450 g/mol. The zero-order valence-corrected chi connectivity index (χ0v) is 19.7. The fourth-order valence-corrected chi connectivity index (χ4v) is 4.89. The van der Waals surface area contributed by atoms with E-state index in [2.05, 4.69) is 34.6 Å². The van der Waals surface area contributed by atoms with Crippen LogP contribution in [0.4, 0.5) is 0 Å². The van der Waals surface area contributed by atoms with Crippen LogP contribution in [0.2, 0.25) is 0 Å². The second kappa shape index (κ2) is 10.2. The molecule has 7 heteroatoms. The molecular formula is C25H30N4O2S. The first kappa shape index (κ1) is 22.4. The standard InChI is InChI=1S/C25H30N4O2S/c1-4-31-22-14-12-21(13-15-22)29-23(19-9-7-8-17(2)16-19)27-28-25(29)32-18(3)24(30)26-20-10-5-6-11-20/h7-9,12-16,18,20H,4-6,10-11H2,1-3H3,(H,26,30). The van der Waals surface area contributed by atoms with Crippen molar-refractivity contribution in [2.24, 2.45) is 0 Å². The van der Waals surface area contributed by atoms with Crippen molar-refractivity contribution in [2.75, 3.05) is 6.61 Å². The zero-order chi connectivity index (χ0) is 22.5. The summed E-state index contributed by atoms with van der Waals surface area (Å²) in [6.45, 7) is 6.58. The number of carbonyl (C=O) groups is 1. The maximum Gasteiger partial charge on any atom is 0.233 e. The predicted molar refractivity (Wildman–Crippen MR) is 128 cm³/mol. The molecule has 0 radical (unpaired) electrons. The van der Waals surface area contributed by atoms with Crippen LogP contribution in [0.5, 0.6) is 5.75 Å². The molecule has 1 aliphatic carbocycles. The van der Waals surface area contributed by atoms with E-state index in [9.17, 15) is 4.79 Å². The van der Waals surface area contributed by atoms with Crippen LogP contribution in [-0.4, -0.2) is 38.6 Å². The Balaban J connectivity index is 1.65. The van der Waals surface area contributed by atoms with Gasteiger partial charge in [-0.1, -0.05) is 48.4 Å². The number of amides is 1. The lowest BCUT2D eigenvalue weighted by molar-refractivity contribution is -0.120. The van der Waals surface area contributed by atoms with Crippen LogP contribution in [-0.2, 0) is 4.79 Å². The number of aryl methyl sites for hydroxylation is 1. The summed E-state index contributed by atoms with van der Waals surface area (Å²) in [6, 6.07) is 16.4. The van der Waals surface area contributed by atoms with Crippen molar-refractivity contribution in [3.63, 3.8) is 0 Å². The average molecular weight is 451 g/mol. The van der Waals surface area contributed by atoms with E-state index in [1.165, 1.54) is 24.6 Å². The van der Waals surface area contributed by atoms with Gasteiger partial charge in [-0.3, -0.25) is 9.36 Å². The van der Waals surface area contributed by atoms with E-state index in [1.54, 1.807) is 0 Å². The summed E-state index contributed by atoms with van der Waals surface area (Å²) in [5.74, 6) is 1.63. The van der Waals surface area contributed by atoms with Gasteiger partial charge < -0.3 is 10.1 Å². The van der Waals surface area contributed by atoms with Crippen molar-refractivity contribution in [1.29, 1.82) is 0 Å². The quantitative estimate of drug-likeness (QED) is 0.479. The maximum atomic E-state index is 12.8. The number of nitrogens with one attached hydrogen (secondary N) is 1. The first-order chi connectivity index (χ1) is 15.5. The Morgan fingerprint density at radius 1 is 1.19 bits per heavy atom. The summed E-state index contributed by atoms with van der Waals surface area (Å²) in [6.07, 6.45) is 4.53. The van der Waals surface area contributed by atoms with Crippen molar-refractivity contribution in [1.82, 2.24) is 20.1 Å². The molecule has 1 N–H and O–H groups in total. The zero-order valence-electron chi connectivity index (χ0n) is 18.9. The lowest BCUT2D eigenvalue weighted by atomic mass is 10.1. The highest BCUT2D eigenvalue weighted by atomic mass is 32.2. The van der Waals surface area contributed by atoms with Gasteiger partial charge in [-0.05, 0) is 63.9 Å². The van der Waals surface area contributed by atoms with Gasteiger partial charge in [0.15, 0.2) is 11.0 Å². The second-order valence-electron chi connectivity index (χ2n) is 8.19. The number of hydrogen-bond acceptors (Lipinski definition) is 5. The summed E-state index contributed by atoms with van der Waals surface area (Å²) >= 11 is 1.44. The Hall–Kier alpha value is -2.80. The minimum absolute atomic E-state index is 0.0558. The summed E-state index contributed by atoms with van der Waals surface area (Å²) in [4.78, 5) is 12.8. The van der Waals surface area contributed by atoms with Crippen molar-refractivity contribution in [3.8, 4) is 22.8 Å². The summed E-state index contributed by atoms with van der Waals surface area (Å²) in [7, 11) is 0. The third kappa shape index (κ3) is 5.15. The molecule has 1 heterocycles. The average Bonchev–Trinajstić information content (AvgIpc) is 3.44. The maximum absolute atomic E-state index is 12.8. The molecule has 1 unspecified atom stereocenters. The Kier molecular flexibility index (Phi) is 7.15. The Morgan fingerprint density at radius 2 is 1.94 bits per heavy atom. The first-order valence-corrected chi connectivity index (χ1v) is 12.2. The second-order valence-corrected chi connectivity index (χ2v) is 9.50. The lowest BCUT2D eigenvalue weighted by Crippen LogP contribution is -2.37. The molecule has 0 bridgehead atoms. The van der Waals surface area contributed by atoms with Gasteiger partial charge in [-0.25, -0.2) is 0 Å². The number of hydrogen-bond donors (Lipinski definition) is 1. The van der Waals surface area contributed by atoms with Gasteiger partial charge in [0.2, 0.25) is 5.91 Å². The van der Waals surface area contributed by atoms with E-state index in [4.69, 9.17) is 4.74 Å². The largest absolute Gasteiger partial charge is 0.494 e. The molecule has 0 aliphatic heterocycles. The molecule has 1 aliphatic rings. The van der Waals surface area contributed by atoms with Gasteiger partial charge in [-0.2, -0.15) is 0 Å². The van der Waals surface area contributed by atoms with E-state index in [0.717, 1.165) is 41.2 Å². The molecular weight excluding hydrogens is 420 g/mol. The first-order valence-electron chi connectivity index (χ1n) is 11.3. The van der Waals surface area contributed by atoms with E-state index in [-0.39, 0.29) is 11.2 Å². The highest BCUT2D eigenvalue weighted by Crippen LogP contribution is 2.31. The highest BCUT2D eigenvalue weighted by molar-refractivity contribution is 8.00. The van der Waals surface area contributed by atoms with E-state index >= 15 is 0 Å². The summed E-state index contributed by atoms with van der Waals surface area (Å²) in [5.41, 5.74) is 3.07. The molecule has 32 heavy (non-hydrogen) atoms. The molecule has 2 aromatic carbocycles. The molecule has 1 fully saturated rings. The molecule has 3 aromatic rings. The molecule has 0 spiro atoms. The van der Waals surface area contributed by atoms with Crippen LogP contribution in [0.15, 0.2) is 53.7 Å². The number of benzene rings is 2. The van der Waals surface area contributed by atoms with Crippen LogP contribution in [0.1, 0.15) is 45.1 Å². The van der Waals surface area contributed by atoms with Crippen molar-refractivity contribution in [3.05, 3.63) is 54.1 Å². The van der Waals surface area contributed by atoms with Crippen molar-refractivity contribution in [2.45, 2.75) is 62.9 Å². The predicted octanol–water partition coefficient (Wildman–Crippen LogP) is 5.18. The van der Waals surface area contributed by atoms with E-state index in [0.29, 0.717) is 17.8 Å². The molecule has 1 saturated carbocycles. The van der Waals surface area contributed by atoms with Gasteiger partial charge >= 0.3 is 0 Å². The normalized spacial score (nSPS) is 15.0. The Labute approximate surface area is 193 Å². The van der Waals surface area contributed by atoms with Gasteiger partial charge in [0, 0.05) is 17.3 Å². The number of rotatable bonds is 8. The van der Waals surface area contributed by atoms with Crippen LogP contribution < -0.4 is 10.1 Å². The third-order valence-electron chi connectivity index (χ3n) is 5.67. The minimum Gasteiger partial charge on any atom is -0.494 e. The summed E-state index contributed by atoms with van der Waals surface area (Å²) in [5, 5.41) is 12.6. The fourth-order valence-electron chi connectivity index (χ4n) is 4.01. The van der Waals surface area contributed by atoms with E-state index < -0.39 is 0 Å². The van der Waals surface area contributed by atoms with Crippen molar-refractivity contribution < 1.29 is 9.53 Å². The van der Waals surface area contributed by atoms with Crippen LogP contribution in [0, 0.1) is 6.92 Å². The molecule has 4 rings (SSSR count). The van der Waals surface area contributed by atoms with Gasteiger partial charge in [0.1, 0.15) is 5.75 Å². The highest BCUT2D eigenvalue weighted by Gasteiger charge is 2.24. The third-order valence-corrected chi connectivity index (χ3v) is 6.71. The summed E-state index contributed by atoms with van der Waals surface area (Å²) < 4.78 is 7.62. The lowest BCUT2D eigenvalue weighted by Gasteiger charge is -2.17. The molecule has 6 nitrogen and oxygen atoms in total. The number of carbonyl (C=O) groups excluding carboxylic acids is 1. The van der Waals surface area contributed by atoms with E-state index in [1.807, 2.05) is 54.8 Å². The van der Waals surface area contributed by atoms with Crippen LogP contribution in [0.3, 0.4) is 0 Å². The van der Waals surface area contributed by atoms with Gasteiger partial charge in [-0.15, -0.1) is 10.2 Å². The Bertz CT molecular complexity index is 1060. The minimum atomic E-state index is -0.272. The molecule has 1 atom stereocenters. The number of thioether (sulfide) groups is 1. The smallest absolute Gasteiger partial charge is 0.233 e. The molecule has 168 valence electrons. The van der Waals surface area contributed by atoms with Gasteiger partial charge in [0.05, 0.1) is 11.9 Å². The number of nitrogens with zero attached hydrogens (tertiary/aromatic N) is 3. The number of aromatic nitrogens is 3. The number of ether oxygens (including phenoxy) is 1. The van der Waals surface area contributed by atoms with Gasteiger partial charge in [0.25, 0.3) is 0 Å². The van der Waals surface area contributed by atoms with Crippen molar-refractivity contribution >= 4 is 17.7 Å². The van der Waals surface area contributed by atoms with Crippen LogP contribution in [0.25, 0.3) is 17.1 Å². The van der Waals surface area contributed by atoms with Crippen LogP contribution >= 0.6 is 11.8 Å².